The molecule has 2 heteroatoms. The number of hydrogen-bond acceptors (Lipinski definition) is 2. The molecule has 1 atom stereocenters. The fourth-order valence-electron chi connectivity index (χ4n) is 0.370. The van der Waals surface area contributed by atoms with E-state index in [2.05, 4.69) is 19.6 Å². The maximum atomic E-state index is 5.53. The molecule has 1 nitrogen and oxygen atoms in total. The summed E-state index contributed by atoms with van der Waals surface area (Å²) < 4.78 is 0. The predicted octanol–water partition coefficient (Wildman–Crippen LogP) is 1.04. The number of rotatable bonds is 3. The van der Waals surface area contributed by atoms with Gasteiger partial charge in [0, 0.05) is 6.04 Å². The third-order valence-corrected chi connectivity index (χ3v) is 1.28. The molecule has 0 saturated carbocycles. The summed E-state index contributed by atoms with van der Waals surface area (Å²) in [6, 6.07) is 0.373. The summed E-state index contributed by atoms with van der Waals surface area (Å²) >= 11 is 4.03. The van der Waals surface area contributed by atoms with E-state index in [0.29, 0.717) is 6.04 Å². The van der Waals surface area contributed by atoms with Crippen LogP contribution in [0.1, 0.15) is 19.8 Å². The quantitative estimate of drug-likeness (QED) is 0.533. The normalized spacial score (nSPS) is 14.1. The smallest absolute Gasteiger partial charge is 0.00439 e. The van der Waals surface area contributed by atoms with Gasteiger partial charge in [-0.1, -0.05) is 6.92 Å². The van der Waals surface area contributed by atoms with Crippen molar-refractivity contribution in [3.8, 4) is 0 Å². The standard InChI is InChI=1S/C5H13NS/c1-2-5(6)3-4-7/h5,7H,2-4,6H2,1H3. The molecule has 1 unspecified atom stereocenters. The molecule has 0 radical (unpaired) electrons. The van der Waals surface area contributed by atoms with Crippen molar-refractivity contribution < 1.29 is 0 Å². The molecule has 0 rings (SSSR count). The van der Waals surface area contributed by atoms with Gasteiger partial charge in [-0.05, 0) is 18.6 Å². The van der Waals surface area contributed by atoms with E-state index >= 15 is 0 Å². The molecule has 0 heterocycles. The number of thiol groups is 1. The van der Waals surface area contributed by atoms with Crippen molar-refractivity contribution in [2.45, 2.75) is 25.8 Å². The molecule has 0 aliphatic carbocycles. The van der Waals surface area contributed by atoms with Gasteiger partial charge >= 0.3 is 0 Å². The average Bonchev–Trinajstić information content (AvgIpc) is 1.68. The lowest BCUT2D eigenvalue weighted by Crippen LogP contribution is -2.18. The van der Waals surface area contributed by atoms with E-state index in [1.54, 1.807) is 0 Å². The van der Waals surface area contributed by atoms with Crippen molar-refractivity contribution in [1.29, 1.82) is 0 Å². The number of hydrogen-bond donors (Lipinski definition) is 2. The maximum Gasteiger partial charge on any atom is 0.00439 e. The van der Waals surface area contributed by atoms with E-state index in [4.69, 9.17) is 5.73 Å². The van der Waals surface area contributed by atoms with Crippen LogP contribution in [-0.4, -0.2) is 11.8 Å². The second-order valence-corrected chi connectivity index (χ2v) is 2.13. The Morgan fingerprint density at radius 1 is 1.71 bits per heavy atom. The zero-order valence-corrected chi connectivity index (χ0v) is 5.62. The summed E-state index contributed by atoms with van der Waals surface area (Å²) in [5.41, 5.74) is 5.53. The molecule has 0 fully saturated rings. The number of nitrogens with two attached hydrogens (primary N) is 1. The van der Waals surface area contributed by atoms with Crippen molar-refractivity contribution in [2.75, 3.05) is 5.75 Å². The SMILES string of the molecule is CCC(N)CCS. The second-order valence-electron chi connectivity index (χ2n) is 1.68. The molecular weight excluding hydrogens is 106 g/mol. The molecular formula is C5H13NS. The van der Waals surface area contributed by atoms with Crippen LogP contribution >= 0.6 is 12.6 Å². The van der Waals surface area contributed by atoms with Crippen LogP contribution in [0.5, 0.6) is 0 Å². The second kappa shape index (κ2) is 4.47. The summed E-state index contributed by atoms with van der Waals surface area (Å²) in [7, 11) is 0. The van der Waals surface area contributed by atoms with Gasteiger partial charge < -0.3 is 5.73 Å². The largest absolute Gasteiger partial charge is 0.328 e. The van der Waals surface area contributed by atoms with Crippen molar-refractivity contribution in [1.82, 2.24) is 0 Å². The minimum atomic E-state index is 0.373. The Bertz CT molecular complexity index is 39.1. The van der Waals surface area contributed by atoms with Gasteiger partial charge in [0.1, 0.15) is 0 Å². The van der Waals surface area contributed by atoms with Gasteiger partial charge in [-0.2, -0.15) is 12.6 Å². The van der Waals surface area contributed by atoms with Crippen LogP contribution in [0.15, 0.2) is 0 Å². The highest BCUT2D eigenvalue weighted by atomic mass is 32.1. The third kappa shape index (κ3) is 4.16. The lowest BCUT2D eigenvalue weighted by atomic mass is 10.2. The van der Waals surface area contributed by atoms with Gasteiger partial charge in [0.05, 0.1) is 0 Å². The zero-order valence-electron chi connectivity index (χ0n) is 4.72. The molecule has 0 aliphatic heterocycles. The van der Waals surface area contributed by atoms with E-state index in [9.17, 15) is 0 Å². The highest BCUT2D eigenvalue weighted by molar-refractivity contribution is 7.80. The minimum Gasteiger partial charge on any atom is -0.328 e. The zero-order chi connectivity index (χ0) is 5.70. The van der Waals surface area contributed by atoms with E-state index < -0.39 is 0 Å². The van der Waals surface area contributed by atoms with E-state index in [0.717, 1.165) is 18.6 Å². The first-order chi connectivity index (χ1) is 3.31. The Morgan fingerprint density at radius 3 is 2.43 bits per heavy atom. The Hall–Kier alpha value is 0.310. The van der Waals surface area contributed by atoms with Crippen LogP contribution in [0.3, 0.4) is 0 Å². The minimum absolute atomic E-state index is 0.373. The molecule has 0 aliphatic rings. The molecule has 0 spiro atoms. The predicted molar refractivity (Wildman–Crippen MR) is 36.7 cm³/mol. The van der Waals surface area contributed by atoms with Gasteiger partial charge in [-0.25, -0.2) is 0 Å². The molecule has 0 amide bonds. The van der Waals surface area contributed by atoms with Gasteiger partial charge in [-0.3, -0.25) is 0 Å². The molecule has 2 N–H and O–H groups in total. The van der Waals surface area contributed by atoms with Crippen LogP contribution < -0.4 is 5.73 Å². The van der Waals surface area contributed by atoms with Crippen molar-refractivity contribution in [3.05, 3.63) is 0 Å². The van der Waals surface area contributed by atoms with Crippen molar-refractivity contribution in [2.24, 2.45) is 5.73 Å². The third-order valence-electron chi connectivity index (χ3n) is 1.02. The van der Waals surface area contributed by atoms with Crippen LogP contribution in [0.4, 0.5) is 0 Å². The maximum absolute atomic E-state index is 5.53. The average molecular weight is 119 g/mol. The summed E-state index contributed by atoms with van der Waals surface area (Å²) in [6.45, 7) is 2.09. The fourth-order valence-corrected chi connectivity index (χ4v) is 0.702. The van der Waals surface area contributed by atoms with Gasteiger partial charge in [-0.15, -0.1) is 0 Å². The summed E-state index contributed by atoms with van der Waals surface area (Å²) in [4.78, 5) is 0. The molecule has 0 aromatic rings. The van der Waals surface area contributed by atoms with Gasteiger partial charge in [0.25, 0.3) is 0 Å². The van der Waals surface area contributed by atoms with E-state index in [1.807, 2.05) is 0 Å². The summed E-state index contributed by atoms with van der Waals surface area (Å²) in [6.07, 6.45) is 2.11. The molecule has 7 heavy (non-hydrogen) atoms. The molecule has 0 aromatic heterocycles. The first-order valence-corrected chi connectivity index (χ1v) is 3.31. The highest BCUT2D eigenvalue weighted by Crippen LogP contribution is 1.93. The van der Waals surface area contributed by atoms with Crippen LogP contribution in [0.2, 0.25) is 0 Å². The van der Waals surface area contributed by atoms with Crippen molar-refractivity contribution in [3.63, 3.8) is 0 Å². The lowest BCUT2D eigenvalue weighted by molar-refractivity contribution is 0.635. The van der Waals surface area contributed by atoms with Crippen LogP contribution in [0.25, 0.3) is 0 Å². The topological polar surface area (TPSA) is 26.0 Å². The Kier molecular flexibility index (Phi) is 4.67. The Morgan fingerprint density at radius 2 is 2.29 bits per heavy atom. The van der Waals surface area contributed by atoms with Crippen molar-refractivity contribution >= 4 is 12.6 Å². The fraction of sp³-hybridized carbons (Fsp3) is 1.00. The molecule has 44 valence electrons. The lowest BCUT2D eigenvalue weighted by Gasteiger charge is -2.02. The first kappa shape index (κ1) is 7.31. The first-order valence-electron chi connectivity index (χ1n) is 2.67. The van der Waals surface area contributed by atoms with Crippen LogP contribution in [0, 0.1) is 0 Å². The highest BCUT2D eigenvalue weighted by Gasteiger charge is 1.93. The van der Waals surface area contributed by atoms with Gasteiger partial charge in [0.2, 0.25) is 0 Å². The summed E-state index contributed by atoms with van der Waals surface area (Å²) in [5.74, 6) is 0.912. The molecule has 0 aromatic carbocycles. The Labute approximate surface area is 50.7 Å². The monoisotopic (exact) mass is 119 g/mol. The van der Waals surface area contributed by atoms with Crippen LogP contribution in [-0.2, 0) is 0 Å². The van der Waals surface area contributed by atoms with E-state index in [1.165, 1.54) is 0 Å². The van der Waals surface area contributed by atoms with Gasteiger partial charge in [0.15, 0.2) is 0 Å². The summed E-state index contributed by atoms with van der Waals surface area (Å²) in [5, 5.41) is 0. The molecule has 0 saturated heterocycles. The molecule has 0 bridgehead atoms. The van der Waals surface area contributed by atoms with E-state index in [-0.39, 0.29) is 0 Å². The Balaban J connectivity index is 2.83.